The van der Waals surface area contributed by atoms with Crippen molar-refractivity contribution in [3.63, 3.8) is 0 Å². The molecule has 1 aromatic rings. The molecular formula is C13H22N2O3. The zero-order chi connectivity index (χ0) is 13.1. The van der Waals surface area contributed by atoms with Gasteiger partial charge in [0, 0.05) is 26.5 Å². The van der Waals surface area contributed by atoms with Crippen molar-refractivity contribution in [3.05, 3.63) is 18.3 Å². The van der Waals surface area contributed by atoms with Crippen LogP contribution in [0.2, 0.25) is 0 Å². The van der Waals surface area contributed by atoms with E-state index in [1.807, 2.05) is 19.1 Å². The largest absolute Gasteiger partial charge is 0.490 e. The molecule has 0 spiro atoms. The smallest absolute Gasteiger partial charge is 0.168 e. The molecule has 1 rings (SSSR count). The number of aromatic nitrogens is 1. The van der Waals surface area contributed by atoms with Gasteiger partial charge in [0.05, 0.1) is 19.8 Å². The third-order valence-corrected chi connectivity index (χ3v) is 2.26. The number of hydrogen-bond acceptors (Lipinski definition) is 5. The van der Waals surface area contributed by atoms with Gasteiger partial charge in [-0.25, -0.2) is 4.98 Å². The van der Waals surface area contributed by atoms with Gasteiger partial charge in [-0.2, -0.15) is 0 Å². The number of nitrogens with zero attached hydrogens (tertiary/aromatic N) is 1. The van der Waals surface area contributed by atoms with Crippen LogP contribution in [0.5, 0.6) is 5.75 Å². The van der Waals surface area contributed by atoms with Crippen LogP contribution in [0.15, 0.2) is 18.3 Å². The van der Waals surface area contributed by atoms with Crippen LogP contribution in [0, 0.1) is 0 Å². The van der Waals surface area contributed by atoms with E-state index >= 15 is 0 Å². The van der Waals surface area contributed by atoms with E-state index in [9.17, 15) is 0 Å². The SMILES string of the molecule is CCOc1cccnc1NCCCOCCOC. The fraction of sp³-hybridized carbons (Fsp3) is 0.615. The van der Waals surface area contributed by atoms with Gasteiger partial charge in [0.1, 0.15) is 0 Å². The van der Waals surface area contributed by atoms with E-state index < -0.39 is 0 Å². The Hall–Kier alpha value is -1.33. The van der Waals surface area contributed by atoms with E-state index in [0.717, 1.165) is 24.5 Å². The summed E-state index contributed by atoms with van der Waals surface area (Å²) in [7, 11) is 1.67. The van der Waals surface area contributed by atoms with Gasteiger partial charge in [-0.15, -0.1) is 0 Å². The molecule has 5 nitrogen and oxygen atoms in total. The van der Waals surface area contributed by atoms with E-state index in [2.05, 4.69) is 10.3 Å². The van der Waals surface area contributed by atoms with Crippen LogP contribution in [0.4, 0.5) is 5.82 Å². The molecule has 102 valence electrons. The van der Waals surface area contributed by atoms with Crippen molar-refractivity contribution < 1.29 is 14.2 Å². The Kier molecular flexibility index (Phi) is 7.92. The third kappa shape index (κ3) is 5.84. The van der Waals surface area contributed by atoms with Crippen LogP contribution in [-0.4, -0.2) is 45.1 Å². The lowest BCUT2D eigenvalue weighted by atomic mass is 10.4. The molecule has 5 heteroatoms. The summed E-state index contributed by atoms with van der Waals surface area (Å²) < 4.78 is 15.7. The van der Waals surface area contributed by atoms with Gasteiger partial charge in [0.25, 0.3) is 0 Å². The molecule has 0 aliphatic rings. The van der Waals surface area contributed by atoms with Gasteiger partial charge in [-0.05, 0) is 25.5 Å². The molecule has 0 saturated heterocycles. The molecule has 0 aliphatic heterocycles. The van der Waals surface area contributed by atoms with Crippen LogP contribution >= 0.6 is 0 Å². The first-order valence-corrected chi connectivity index (χ1v) is 6.26. The molecule has 1 aromatic heterocycles. The summed E-state index contributed by atoms with van der Waals surface area (Å²) in [6.45, 7) is 5.41. The first-order valence-electron chi connectivity index (χ1n) is 6.26. The predicted molar refractivity (Wildman–Crippen MR) is 71.2 cm³/mol. The average molecular weight is 254 g/mol. The minimum atomic E-state index is 0.639. The zero-order valence-electron chi connectivity index (χ0n) is 11.1. The summed E-state index contributed by atoms with van der Waals surface area (Å²) >= 11 is 0. The highest BCUT2D eigenvalue weighted by molar-refractivity contribution is 5.49. The molecule has 0 radical (unpaired) electrons. The highest BCUT2D eigenvalue weighted by Crippen LogP contribution is 2.20. The molecule has 0 amide bonds. The normalized spacial score (nSPS) is 10.3. The van der Waals surface area contributed by atoms with Gasteiger partial charge >= 0.3 is 0 Å². The minimum absolute atomic E-state index is 0.639. The van der Waals surface area contributed by atoms with Crippen LogP contribution in [0.3, 0.4) is 0 Å². The van der Waals surface area contributed by atoms with Crippen LogP contribution in [-0.2, 0) is 9.47 Å². The second-order valence-electron chi connectivity index (χ2n) is 3.67. The summed E-state index contributed by atoms with van der Waals surface area (Å²) in [5.74, 6) is 1.58. The van der Waals surface area contributed by atoms with Gasteiger partial charge in [-0.3, -0.25) is 0 Å². The molecule has 1 N–H and O–H groups in total. The topological polar surface area (TPSA) is 52.6 Å². The number of pyridine rings is 1. The lowest BCUT2D eigenvalue weighted by Crippen LogP contribution is -2.10. The Labute approximate surface area is 108 Å². The number of hydrogen-bond donors (Lipinski definition) is 1. The average Bonchev–Trinajstić information content (AvgIpc) is 2.40. The summed E-state index contributed by atoms with van der Waals surface area (Å²) in [6.07, 6.45) is 2.67. The van der Waals surface area contributed by atoms with Crippen molar-refractivity contribution in [1.29, 1.82) is 0 Å². The molecule has 0 fully saturated rings. The van der Waals surface area contributed by atoms with Crippen LogP contribution in [0.25, 0.3) is 0 Å². The Morgan fingerprint density at radius 3 is 2.94 bits per heavy atom. The highest BCUT2D eigenvalue weighted by atomic mass is 16.5. The second-order valence-corrected chi connectivity index (χ2v) is 3.67. The first-order chi connectivity index (χ1) is 8.88. The summed E-state index contributed by atoms with van der Waals surface area (Å²) in [5, 5.41) is 3.24. The summed E-state index contributed by atoms with van der Waals surface area (Å²) in [5.41, 5.74) is 0. The molecule has 0 bridgehead atoms. The summed E-state index contributed by atoms with van der Waals surface area (Å²) in [4.78, 5) is 4.25. The monoisotopic (exact) mass is 254 g/mol. The van der Waals surface area contributed by atoms with Gasteiger partial charge < -0.3 is 19.5 Å². The van der Waals surface area contributed by atoms with Crippen LogP contribution in [0.1, 0.15) is 13.3 Å². The van der Waals surface area contributed by atoms with Gasteiger partial charge in [0.15, 0.2) is 11.6 Å². The Balaban J connectivity index is 2.18. The van der Waals surface area contributed by atoms with Crippen molar-refractivity contribution >= 4 is 5.82 Å². The van der Waals surface area contributed by atoms with E-state index in [1.54, 1.807) is 13.3 Å². The van der Waals surface area contributed by atoms with E-state index in [0.29, 0.717) is 26.4 Å². The third-order valence-electron chi connectivity index (χ3n) is 2.26. The maximum atomic E-state index is 5.47. The molecule has 0 unspecified atom stereocenters. The maximum absolute atomic E-state index is 5.47. The Bertz CT molecular complexity index is 321. The molecule has 0 aliphatic carbocycles. The number of nitrogens with one attached hydrogen (secondary N) is 1. The lowest BCUT2D eigenvalue weighted by Gasteiger charge is -2.10. The van der Waals surface area contributed by atoms with Crippen molar-refractivity contribution in [3.8, 4) is 5.75 Å². The Morgan fingerprint density at radius 2 is 2.17 bits per heavy atom. The van der Waals surface area contributed by atoms with Crippen LogP contribution < -0.4 is 10.1 Å². The first kappa shape index (κ1) is 14.7. The lowest BCUT2D eigenvalue weighted by molar-refractivity contribution is 0.0705. The molecule has 1 heterocycles. The molecule has 0 aromatic carbocycles. The van der Waals surface area contributed by atoms with Gasteiger partial charge in [-0.1, -0.05) is 0 Å². The fourth-order valence-corrected chi connectivity index (χ4v) is 1.42. The summed E-state index contributed by atoms with van der Waals surface area (Å²) in [6, 6.07) is 3.78. The molecule has 0 saturated carbocycles. The number of methoxy groups -OCH3 is 1. The standard InChI is InChI=1S/C13H22N2O3/c1-3-18-12-6-4-7-14-13(12)15-8-5-9-17-11-10-16-2/h4,6-7H,3,5,8-11H2,1-2H3,(H,14,15). The fourth-order valence-electron chi connectivity index (χ4n) is 1.42. The number of anilines is 1. The number of ether oxygens (including phenoxy) is 3. The van der Waals surface area contributed by atoms with Gasteiger partial charge in [0.2, 0.25) is 0 Å². The zero-order valence-corrected chi connectivity index (χ0v) is 11.1. The van der Waals surface area contributed by atoms with Crippen molar-refractivity contribution in [2.45, 2.75) is 13.3 Å². The van der Waals surface area contributed by atoms with Crippen molar-refractivity contribution in [2.24, 2.45) is 0 Å². The predicted octanol–water partition coefficient (Wildman–Crippen LogP) is 1.95. The van der Waals surface area contributed by atoms with E-state index in [4.69, 9.17) is 14.2 Å². The number of rotatable bonds is 10. The maximum Gasteiger partial charge on any atom is 0.168 e. The Morgan fingerprint density at radius 1 is 1.28 bits per heavy atom. The van der Waals surface area contributed by atoms with Crippen molar-refractivity contribution in [1.82, 2.24) is 4.98 Å². The highest BCUT2D eigenvalue weighted by Gasteiger charge is 2.02. The minimum Gasteiger partial charge on any atom is -0.490 e. The van der Waals surface area contributed by atoms with Crippen molar-refractivity contribution in [2.75, 3.05) is 45.4 Å². The van der Waals surface area contributed by atoms with E-state index in [1.165, 1.54) is 0 Å². The van der Waals surface area contributed by atoms with E-state index in [-0.39, 0.29) is 0 Å². The quantitative estimate of drug-likeness (QED) is 0.647. The molecule has 0 atom stereocenters. The second kappa shape index (κ2) is 9.67. The molecule has 18 heavy (non-hydrogen) atoms. The molecular weight excluding hydrogens is 232 g/mol.